The number of aliphatic imine (C=N–C) groups is 1. The fraction of sp³-hybridized carbons (Fsp3) is 0.242. The van der Waals surface area contributed by atoms with Gasteiger partial charge >= 0.3 is 11.9 Å². The molecule has 0 radical (unpaired) electrons. The highest BCUT2D eigenvalue weighted by Gasteiger charge is 2.25. The van der Waals surface area contributed by atoms with E-state index >= 15 is 0 Å². The number of allylic oxidation sites excluding steroid dienone is 2. The van der Waals surface area contributed by atoms with Crippen molar-refractivity contribution in [3.63, 3.8) is 0 Å². The van der Waals surface area contributed by atoms with Gasteiger partial charge in [-0.1, -0.05) is 25.3 Å². The molecule has 10 heteroatoms. The molecule has 0 fully saturated rings. The molecule has 43 heavy (non-hydrogen) atoms. The van der Waals surface area contributed by atoms with Crippen molar-refractivity contribution in [1.82, 2.24) is 15.3 Å². The highest BCUT2D eigenvalue weighted by Crippen LogP contribution is 2.29. The molecule has 0 spiro atoms. The topological polar surface area (TPSA) is 165 Å². The van der Waals surface area contributed by atoms with Gasteiger partial charge in [-0.15, -0.1) is 0 Å². The van der Waals surface area contributed by atoms with E-state index in [1.54, 1.807) is 25.2 Å². The molecule has 2 aromatic rings. The van der Waals surface area contributed by atoms with Crippen LogP contribution in [-0.2, 0) is 25.6 Å². The number of carbonyl (C=O) groups excluding carboxylic acids is 2. The Labute approximate surface area is 248 Å². The van der Waals surface area contributed by atoms with Crippen LogP contribution in [0, 0.1) is 13.8 Å². The van der Waals surface area contributed by atoms with Gasteiger partial charge < -0.3 is 25.5 Å². The Balaban J connectivity index is 1.85. The van der Waals surface area contributed by atoms with Crippen LogP contribution in [0.15, 0.2) is 52.2 Å². The molecule has 0 atom stereocenters. The van der Waals surface area contributed by atoms with Gasteiger partial charge in [0.2, 0.25) is 0 Å². The number of hydrogen-bond acceptors (Lipinski definition) is 4. The zero-order chi connectivity index (χ0) is 31.6. The lowest BCUT2D eigenvalue weighted by Crippen LogP contribution is -2.15. The summed E-state index contributed by atoms with van der Waals surface area (Å²) in [5.74, 6) is -2.54. The Morgan fingerprint density at radius 1 is 0.814 bits per heavy atom. The Kier molecular flexibility index (Phi) is 8.80. The number of nitrogens with one attached hydrogen (secondary N) is 3. The second-order valence-corrected chi connectivity index (χ2v) is 10.5. The first-order valence-electron chi connectivity index (χ1n) is 13.8. The minimum atomic E-state index is -0.968. The molecule has 222 valence electrons. The lowest BCUT2D eigenvalue weighted by molar-refractivity contribution is -0.138. The zero-order valence-electron chi connectivity index (χ0n) is 24.6. The molecular formula is C33H34N4O6. The van der Waals surface area contributed by atoms with E-state index in [1.807, 2.05) is 26.8 Å². The number of aliphatic carboxylic acids is 2. The van der Waals surface area contributed by atoms with Gasteiger partial charge in [-0.05, 0) is 86.6 Å². The molecule has 0 aliphatic carbocycles. The largest absolute Gasteiger partial charge is 0.481 e. The van der Waals surface area contributed by atoms with Crippen molar-refractivity contribution >= 4 is 53.8 Å². The van der Waals surface area contributed by atoms with E-state index < -0.39 is 11.9 Å². The van der Waals surface area contributed by atoms with Crippen LogP contribution in [0.25, 0.3) is 24.3 Å². The average molecular weight is 583 g/mol. The Hall–Kier alpha value is -5.25. The van der Waals surface area contributed by atoms with Gasteiger partial charge in [0, 0.05) is 57.3 Å². The first kappa shape index (κ1) is 30.7. The maximum atomic E-state index is 12.4. The second kappa shape index (κ2) is 12.3. The maximum Gasteiger partial charge on any atom is 0.303 e. The van der Waals surface area contributed by atoms with Crippen molar-refractivity contribution in [3.8, 4) is 0 Å². The molecule has 10 nitrogen and oxygen atoms in total. The third-order valence-corrected chi connectivity index (χ3v) is 7.87. The predicted molar refractivity (Wildman–Crippen MR) is 165 cm³/mol. The number of aromatic nitrogens is 2. The number of hydrogen-bond donors (Lipinski definition) is 5. The van der Waals surface area contributed by atoms with Crippen molar-refractivity contribution in [2.75, 3.05) is 0 Å². The van der Waals surface area contributed by atoms with Gasteiger partial charge in [0.1, 0.15) is 0 Å². The standard InChI is InChI=1S/C33H34N4O6/c1-7-20-16(3)24(34-27(20)14-26-17(4)21(8-2)33(43)36-26)13-25-18(5)22(9-11-30(38)39)28(35-25)15-29-23(10-12-31(40)41)19(6)32(42)37-29/h7-8,13-15,34-35H,1-2,9-12H2,3-6H3,(H,37,42)(H,38,39)(H,40,41)/b24-13-,27-14-,29-15-. The van der Waals surface area contributed by atoms with Crippen LogP contribution in [0.2, 0.25) is 0 Å². The summed E-state index contributed by atoms with van der Waals surface area (Å²) in [5.41, 5.74) is 8.02. The Bertz CT molecular complexity index is 1860. The molecule has 0 unspecified atom stereocenters. The summed E-state index contributed by atoms with van der Waals surface area (Å²) in [4.78, 5) is 58.3. The summed E-state index contributed by atoms with van der Waals surface area (Å²) in [6, 6.07) is 0. The normalized spacial score (nSPS) is 16.9. The van der Waals surface area contributed by atoms with Crippen LogP contribution >= 0.6 is 0 Å². The van der Waals surface area contributed by atoms with Crippen molar-refractivity contribution in [2.24, 2.45) is 4.99 Å². The fourth-order valence-corrected chi connectivity index (χ4v) is 5.34. The third kappa shape index (κ3) is 6.18. The number of carbonyl (C=O) groups is 4. The van der Waals surface area contributed by atoms with Crippen LogP contribution in [-0.4, -0.2) is 49.6 Å². The minimum Gasteiger partial charge on any atom is -0.481 e. The highest BCUT2D eigenvalue weighted by molar-refractivity contribution is 6.31. The molecule has 0 saturated heterocycles. The molecule has 0 saturated carbocycles. The molecule has 5 N–H and O–H groups in total. The van der Waals surface area contributed by atoms with Gasteiger partial charge in [0.25, 0.3) is 11.8 Å². The number of H-pyrrole nitrogens is 2. The van der Waals surface area contributed by atoms with Crippen molar-refractivity contribution in [2.45, 2.75) is 53.4 Å². The quantitative estimate of drug-likeness (QED) is 0.273. The van der Waals surface area contributed by atoms with E-state index in [4.69, 9.17) is 0 Å². The number of carboxylic acid groups (broad SMARTS) is 2. The number of aromatic amines is 2. The number of nitrogens with zero attached hydrogens (tertiary/aromatic N) is 1. The monoisotopic (exact) mass is 582 g/mol. The lowest BCUT2D eigenvalue weighted by Gasteiger charge is -2.06. The maximum absolute atomic E-state index is 12.4. The average Bonchev–Trinajstić information content (AvgIpc) is 3.59. The molecule has 0 aromatic carbocycles. The van der Waals surface area contributed by atoms with E-state index in [0.717, 1.165) is 44.2 Å². The molecule has 2 aromatic heterocycles. The summed E-state index contributed by atoms with van der Waals surface area (Å²) in [5, 5.41) is 22.9. The summed E-state index contributed by atoms with van der Waals surface area (Å²) in [6.45, 7) is 15.0. The van der Waals surface area contributed by atoms with Gasteiger partial charge in [-0.25, -0.2) is 4.99 Å². The summed E-state index contributed by atoms with van der Waals surface area (Å²) >= 11 is 0. The second-order valence-electron chi connectivity index (χ2n) is 10.5. The van der Waals surface area contributed by atoms with E-state index in [0.29, 0.717) is 33.8 Å². The summed E-state index contributed by atoms with van der Waals surface area (Å²) in [6.07, 6.45) is 8.89. The molecule has 2 amide bonds. The molecule has 2 aliphatic heterocycles. The minimum absolute atomic E-state index is 0.0942. The highest BCUT2D eigenvalue weighted by atomic mass is 16.4. The van der Waals surface area contributed by atoms with E-state index in [2.05, 4.69) is 33.4 Å². The molecule has 4 heterocycles. The first-order valence-corrected chi connectivity index (χ1v) is 13.8. The summed E-state index contributed by atoms with van der Waals surface area (Å²) in [7, 11) is 0. The first-order chi connectivity index (χ1) is 20.4. The van der Waals surface area contributed by atoms with Gasteiger partial charge in [0.05, 0.1) is 5.71 Å². The van der Waals surface area contributed by atoms with Crippen molar-refractivity contribution in [1.29, 1.82) is 0 Å². The Morgan fingerprint density at radius 3 is 2.09 bits per heavy atom. The number of rotatable bonds is 11. The molecule has 4 rings (SSSR count). The fourth-order valence-electron chi connectivity index (χ4n) is 5.34. The summed E-state index contributed by atoms with van der Waals surface area (Å²) < 4.78 is 0. The van der Waals surface area contributed by atoms with Crippen LogP contribution < -0.4 is 16.0 Å². The van der Waals surface area contributed by atoms with Crippen molar-refractivity contribution < 1.29 is 29.4 Å². The number of carboxylic acids is 2. The molecular weight excluding hydrogens is 548 g/mol. The van der Waals surface area contributed by atoms with Crippen LogP contribution in [0.3, 0.4) is 0 Å². The van der Waals surface area contributed by atoms with Crippen LogP contribution in [0.4, 0.5) is 0 Å². The third-order valence-electron chi connectivity index (χ3n) is 7.87. The predicted octanol–water partition coefficient (Wildman–Crippen LogP) is 3.36. The van der Waals surface area contributed by atoms with Gasteiger partial charge in [-0.3, -0.25) is 19.2 Å². The lowest BCUT2D eigenvalue weighted by atomic mass is 10.0. The van der Waals surface area contributed by atoms with E-state index in [9.17, 15) is 29.4 Å². The SMILES string of the molecule is C=CC1=C(C)C(/C=c2\[nH]/c(=C\c3[nH]c(/C=C4\NC(=O)C(C)=C4CCC(=O)O)c(CCC(=O)O)c3C)c(C)c2C=C)=NC1=O. The number of amides is 2. The van der Waals surface area contributed by atoms with Crippen LogP contribution in [0.1, 0.15) is 66.8 Å². The van der Waals surface area contributed by atoms with Crippen molar-refractivity contribution in [3.05, 3.63) is 91.6 Å². The molecule has 0 bridgehead atoms. The van der Waals surface area contributed by atoms with Gasteiger partial charge in [0.15, 0.2) is 0 Å². The van der Waals surface area contributed by atoms with E-state index in [1.165, 1.54) is 6.08 Å². The molecule has 2 aliphatic rings. The van der Waals surface area contributed by atoms with Gasteiger partial charge in [-0.2, -0.15) is 0 Å². The Morgan fingerprint density at radius 2 is 1.49 bits per heavy atom. The zero-order valence-corrected chi connectivity index (χ0v) is 24.6. The van der Waals surface area contributed by atoms with E-state index in [-0.39, 0.29) is 37.5 Å². The smallest absolute Gasteiger partial charge is 0.303 e. The van der Waals surface area contributed by atoms with Crippen LogP contribution in [0.5, 0.6) is 0 Å².